The number of fused-ring (bicyclic) bond motifs is 1. The van der Waals surface area contributed by atoms with Crippen LogP contribution in [-0.4, -0.2) is 17.6 Å². The molecule has 0 saturated heterocycles. The van der Waals surface area contributed by atoms with Crippen LogP contribution in [0.2, 0.25) is 5.02 Å². The van der Waals surface area contributed by atoms with E-state index in [9.17, 15) is 9.90 Å². The van der Waals surface area contributed by atoms with Gasteiger partial charge in [-0.05, 0) is 41.0 Å². The zero-order chi connectivity index (χ0) is 18.7. The normalized spacial score (nSPS) is 10.9. The Morgan fingerprint density at radius 3 is 2.46 bits per heavy atom. The van der Waals surface area contributed by atoms with Gasteiger partial charge in [0.1, 0.15) is 11.5 Å². The lowest BCUT2D eigenvalue weighted by atomic mass is 10.0. The van der Waals surface area contributed by atoms with E-state index in [1.165, 1.54) is 6.07 Å². The Morgan fingerprint density at radius 2 is 1.81 bits per heavy atom. The van der Waals surface area contributed by atoms with Crippen molar-refractivity contribution in [3.8, 4) is 11.5 Å². The number of carbonyl (C=O) groups is 1. The molecule has 26 heavy (non-hydrogen) atoms. The quantitative estimate of drug-likeness (QED) is 0.585. The molecule has 0 unspecified atom stereocenters. The van der Waals surface area contributed by atoms with E-state index in [1.54, 1.807) is 18.2 Å². The van der Waals surface area contributed by atoms with E-state index in [0.717, 1.165) is 10.8 Å². The molecule has 3 aromatic carbocycles. The third-order valence-corrected chi connectivity index (χ3v) is 4.11. The van der Waals surface area contributed by atoms with Gasteiger partial charge in [-0.15, -0.1) is 0 Å². The van der Waals surface area contributed by atoms with Crippen molar-refractivity contribution in [2.75, 3.05) is 11.9 Å². The van der Waals surface area contributed by atoms with Gasteiger partial charge in [0.25, 0.3) is 5.91 Å². The first kappa shape index (κ1) is 18.1. The highest BCUT2D eigenvalue weighted by molar-refractivity contribution is 6.30. The first-order valence-corrected chi connectivity index (χ1v) is 8.77. The van der Waals surface area contributed by atoms with Gasteiger partial charge in [0.15, 0.2) is 0 Å². The molecule has 3 rings (SSSR count). The standard InChI is InChI=1S/C21H20ClNO3/c1-13(2)12-26-20-10-15-6-4-3-5-14(15)9-17(20)21(25)23-18-8-7-16(22)11-19(18)24/h3-11,13,24H,12H2,1-2H3,(H,23,25). The Bertz CT molecular complexity index is 953. The van der Waals surface area contributed by atoms with E-state index >= 15 is 0 Å². The Hall–Kier alpha value is -2.72. The van der Waals surface area contributed by atoms with Crippen LogP contribution in [0.25, 0.3) is 10.8 Å². The molecule has 0 heterocycles. The van der Waals surface area contributed by atoms with Crippen molar-refractivity contribution in [1.29, 1.82) is 0 Å². The molecule has 0 bridgehead atoms. The van der Waals surface area contributed by atoms with Gasteiger partial charge in [-0.3, -0.25) is 4.79 Å². The molecule has 0 aliphatic heterocycles. The summed E-state index contributed by atoms with van der Waals surface area (Å²) >= 11 is 5.84. The minimum Gasteiger partial charge on any atom is -0.506 e. The first-order valence-electron chi connectivity index (χ1n) is 8.39. The van der Waals surface area contributed by atoms with E-state index in [-0.39, 0.29) is 11.7 Å². The topological polar surface area (TPSA) is 58.6 Å². The zero-order valence-electron chi connectivity index (χ0n) is 14.6. The molecule has 1 amide bonds. The molecule has 4 nitrogen and oxygen atoms in total. The number of benzene rings is 3. The van der Waals surface area contributed by atoms with E-state index in [4.69, 9.17) is 16.3 Å². The fourth-order valence-corrected chi connectivity index (χ4v) is 2.74. The number of hydrogen-bond donors (Lipinski definition) is 2. The molecule has 0 atom stereocenters. The molecule has 0 fully saturated rings. The summed E-state index contributed by atoms with van der Waals surface area (Å²) in [4.78, 5) is 12.8. The van der Waals surface area contributed by atoms with Crippen LogP contribution in [0.15, 0.2) is 54.6 Å². The average molecular weight is 370 g/mol. The summed E-state index contributed by atoms with van der Waals surface area (Å²) in [6.45, 7) is 4.60. The molecule has 0 aromatic heterocycles. The maximum absolute atomic E-state index is 12.8. The fraction of sp³-hybridized carbons (Fsp3) is 0.190. The van der Waals surface area contributed by atoms with Gasteiger partial charge in [-0.25, -0.2) is 0 Å². The molecule has 0 aliphatic carbocycles. The van der Waals surface area contributed by atoms with E-state index in [2.05, 4.69) is 5.32 Å². The minimum absolute atomic E-state index is 0.0868. The number of amides is 1. The van der Waals surface area contributed by atoms with Gasteiger partial charge in [0.05, 0.1) is 17.9 Å². The summed E-state index contributed by atoms with van der Waals surface area (Å²) in [7, 11) is 0. The second-order valence-corrected chi connectivity index (χ2v) is 6.95. The number of rotatable bonds is 5. The van der Waals surface area contributed by atoms with Gasteiger partial charge < -0.3 is 15.2 Å². The number of nitrogens with one attached hydrogen (secondary N) is 1. The highest BCUT2D eigenvalue weighted by atomic mass is 35.5. The van der Waals surface area contributed by atoms with Crippen molar-refractivity contribution >= 4 is 34.0 Å². The molecule has 5 heteroatoms. The molecule has 0 aliphatic rings. The Labute approximate surface area is 157 Å². The summed E-state index contributed by atoms with van der Waals surface area (Å²) in [5, 5.41) is 15.0. The third-order valence-electron chi connectivity index (χ3n) is 3.87. The lowest BCUT2D eigenvalue weighted by Crippen LogP contribution is -2.15. The number of ether oxygens (including phenoxy) is 1. The molecule has 2 N–H and O–H groups in total. The van der Waals surface area contributed by atoms with Crippen LogP contribution in [0, 0.1) is 5.92 Å². The van der Waals surface area contributed by atoms with E-state index in [1.807, 2.05) is 44.2 Å². The molecule has 0 radical (unpaired) electrons. The number of halogens is 1. The van der Waals surface area contributed by atoms with Gasteiger partial charge in [0, 0.05) is 11.1 Å². The van der Waals surface area contributed by atoms with Crippen molar-refractivity contribution in [3.05, 3.63) is 65.2 Å². The maximum Gasteiger partial charge on any atom is 0.259 e. The fourth-order valence-electron chi connectivity index (χ4n) is 2.57. The molecular weight excluding hydrogens is 350 g/mol. The van der Waals surface area contributed by atoms with Crippen LogP contribution in [0.5, 0.6) is 11.5 Å². The van der Waals surface area contributed by atoms with E-state index < -0.39 is 0 Å². The summed E-state index contributed by atoms with van der Waals surface area (Å²) < 4.78 is 5.87. The van der Waals surface area contributed by atoms with Crippen LogP contribution in [0.4, 0.5) is 5.69 Å². The molecular formula is C21H20ClNO3. The van der Waals surface area contributed by atoms with Crippen LogP contribution in [0.1, 0.15) is 24.2 Å². The van der Waals surface area contributed by atoms with Gasteiger partial charge in [-0.1, -0.05) is 49.7 Å². The number of hydrogen-bond acceptors (Lipinski definition) is 3. The van der Waals surface area contributed by atoms with Gasteiger partial charge >= 0.3 is 0 Å². The lowest BCUT2D eigenvalue weighted by Gasteiger charge is -2.15. The minimum atomic E-state index is -0.355. The van der Waals surface area contributed by atoms with Crippen LogP contribution in [-0.2, 0) is 0 Å². The summed E-state index contributed by atoms with van der Waals surface area (Å²) in [6.07, 6.45) is 0. The SMILES string of the molecule is CC(C)COc1cc2ccccc2cc1C(=O)Nc1ccc(Cl)cc1O. The zero-order valence-corrected chi connectivity index (χ0v) is 15.4. The van der Waals surface area contributed by atoms with Crippen LogP contribution >= 0.6 is 11.6 Å². The van der Waals surface area contributed by atoms with Crippen molar-refractivity contribution in [2.24, 2.45) is 5.92 Å². The second-order valence-electron chi connectivity index (χ2n) is 6.52. The molecule has 134 valence electrons. The third kappa shape index (κ3) is 4.09. The Morgan fingerprint density at radius 1 is 1.12 bits per heavy atom. The van der Waals surface area contributed by atoms with Crippen LogP contribution < -0.4 is 10.1 Å². The van der Waals surface area contributed by atoms with Crippen molar-refractivity contribution in [2.45, 2.75) is 13.8 Å². The molecule has 0 saturated carbocycles. The van der Waals surface area contributed by atoms with Crippen molar-refractivity contribution in [1.82, 2.24) is 0 Å². The van der Waals surface area contributed by atoms with Crippen molar-refractivity contribution < 1.29 is 14.6 Å². The van der Waals surface area contributed by atoms with E-state index in [0.29, 0.717) is 34.5 Å². The maximum atomic E-state index is 12.8. The highest BCUT2D eigenvalue weighted by Gasteiger charge is 2.16. The summed E-state index contributed by atoms with van der Waals surface area (Å²) in [6, 6.07) is 16.0. The number of aromatic hydroxyl groups is 1. The molecule has 3 aromatic rings. The highest BCUT2D eigenvalue weighted by Crippen LogP contribution is 2.30. The lowest BCUT2D eigenvalue weighted by molar-refractivity contribution is 0.102. The van der Waals surface area contributed by atoms with Gasteiger partial charge in [0.2, 0.25) is 0 Å². The first-order chi connectivity index (χ1) is 12.4. The number of carbonyl (C=O) groups excluding carboxylic acids is 1. The monoisotopic (exact) mass is 369 g/mol. The number of phenolic OH excluding ortho intramolecular Hbond substituents is 1. The summed E-state index contributed by atoms with van der Waals surface area (Å²) in [5.74, 6) is 0.407. The largest absolute Gasteiger partial charge is 0.506 e. The van der Waals surface area contributed by atoms with Gasteiger partial charge in [-0.2, -0.15) is 0 Å². The predicted molar refractivity (Wildman–Crippen MR) is 105 cm³/mol. The smallest absolute Gasteiger partial charge is 0.259 e. The van der Waals surface area contributed by atoms with Crippen LogP contribution in [0.3, 0.4) is 0 Å². The number of anilines is 1. The van der Waals surface area contributed by atoms with Crippen molar-refractivity contribution in [3.63, 3.8) is 0 Å². The molecule has 0 spiro atoms. The number of phenols is 1. The second kappa shape index (κ2) is 7.67. The Balaban J connectivity index is 1.97. The summed E-state index contributed by atoms with van der Waals surface area (Å²) in [5.41, 5.74) is 0.709. The average Bonchev–Trinajstić information content (AvgIpc) is 2.61. The predicted octanol–water partition coefficient (Wildman–Crippen LogP) is 5.49. The Kier molecular flexibility index (Phi) is 5.33.